The van der Waals surface area contributed by atoms with E-state index in [2.05, 4.69) is 20.8 Å². The molecular weight excluding hydrogens is 383 g/mol. The number of H-pyrrole nitrogens is 1. The van der Waals surface area contributed by atoms with Crippen molar-refractivity contribution < 1.29 is 13.9 Å². The molecule has 6 nitrogen and oxygen atoms in total. The van der Waals surface area contributed by atoms with E-state index in [1.165, 1.54) is 24.3 Å². The fourth-order valence-corrected chi connectivity index (χ4v) is 2.98. The van der Waals surface area contributed by atoms with Crippen LogP contribution in [0.1, 0.15) is 22.0 Å². The summed E-state index contributed by atoms with van der Waals surface area (Å²) in [5.41, 5.74) is 3.23. The van der Waals surface area contributed by atoms with Gasteiger partial charge in [0, 0.05) is 24.7 Å². The first-order valence-corrected chi connectivity index (χ1v) is 8.74. The van der Waals surface area contributed by atoms with Gasteiger partial charge in [-0.1, -0.05) is 24.3 Å². The Morgan fingerprint density at radius 2 is 1.89 bits per heavy atom. The molecule has 1 amide bonds. The number of halogens is 2. The Bertz CT molecular complexity index is 922. The van der Waals surface area contributed by atoms with E-state index in [1.54, 1.807) is 6.07 Å². The molecular formula is C20H20ClFN4O2. The van der Waals surface area contributed by atoms with Crippen molar-refractivity contribution in [3.8, 4) is 11.3 Å². The Kier molecular flexibility index (Phi) is 6.41. The smallest absolute Gasteiger partial charge is 0.256 e. The van der Waals surface area contributed by atoms with E-state index in [1.807, 2.05) is 24.3 Å². The standard InChI is InChI=1S/C20H19FN4O2.ClH/c21-16-7-5-15(6-8-16)20(26)23-19-11-17(24-25-19)13-1-3-14(4-2-13)18-12-22-9-10-27-18;/h1-8,11,18,22H,9-10,12H2,(H2,23,24,25,26);1H. The summed E-state index contributed by atoms with van der Waals surface area (Å²) in [5, 5.41) is 13.1. The van der Waals surface area contributed by atoms with Crippen LogP contribution in [0.4, 0.5) is 10.2 Å². The SMILES string of the molecule is Cl.O=C(Nc1cc(-c2ccc(C3CNCCO3)cc2)[nH]n1)c1ccc(F)cc1. The highest BCUT2D eigenvalue weighted by Crippen LogP contribution is 2.24. The number of aromatic nitrogens is 2. The maximum absolute atomic E-state index is 13.0. The quantitative estimate of drug-likeness (QED) is 0.623. The number of hydrogen-bond donors (Lipinski definition) is 3. The maximum Gasteiger partial charge on any atom is 0.256 e. The van der Waals surface area contributed by atoms with E-state index in [9.17, 15) is 9.18 Å². The molecule has 1 aromatic heterocycles. The first-order chi connectivity index (χ1) is 13.2. The molecule has 0 spiro atoms. The summed E-state index contributed by atoms with van der Waals surface area (Å²) < 4.78 is 18.7. The molecule has 3 aromatic rings. The molecule has 1 fully saturated rings. The van der Waals surface area contributed by atoms with E-state index in [0.29, 0.717) is 18.0 Å². The zero-order valence-electron chi connectivity index (χ0n) is 14.9. The van der Waals surface area contributed by atoms with E-state index in [0.717, 1.165) is 29.9 Å². The van der Waals surface area contributed by atoms with Crippen LogP contribution in [0.25, 0.3) is 11.3 Å². The highest BCUT2D eigenvalue weighted by molar-refractivity contribution is 6.03. The lowest BCUT2D eigenvalue weighted by atomic mass is 10.0. The zero-order chi connectivity index (χ0) is 18.6. The van der Waals surface area contributed by atoms with E-state index in [-0.39, 0.29) is 30.2 Å². The fraction of sp³-hybridized carbons (Fsp3) is 0.200. The third-order valence-electron chi connectivity index (χ3n) is 4.45. The predicted molar refractivity (Wildman–Crippen MR) is 107 cm³/mol. The lowest BCUT2D eigenvalue weighted by molar-refractivity contribution is 0.0277. The minimum Gasteiger partial charge on any atom is -0.371 e. The van der Waals surface area contributed by atoms with E-state index in [4.69, 9.17) is 4.74 Å². The molecule has 0 saturated carbocycles. The van der Waals surface area contributed by atoms with Crippen LogP contribution >= 0.6 is 12.4 Å². The third-order valence-corrected chi connectivity index (χ3v) is 4.45. The number of aromatic amines is 1. The number of amides is 1. The molecule has 0 aliphatic carbocycles. The topological polar surface area (TPSA) is 79.0 Å². The van der Waals surface area contributed by atoms with Gasteiger partial charge in [-0.3, -0.25) is 9.89 Å². The molecule has 146 valence electrons. The summed E-state index contributed by atoms with van der Waals surface area (Å²) in [6.45, 7) is 2.40. The van der Waals surface area contributed by atoms with Gasteiger partial charge in [0.1, 0.15) is 5.82 Å². The van der Waals surface area contributed by atoms with Crippen LogP contribution in [0.3, 0.4) is 0 Å². The molecule has 1 unspecified atom stereocenters. The van der Waals surface area contributed by atoms with Gasteiger partial charge in [-0.25, -0.2) is 4.39 Å². The van der Waals surface area contributed by atoms with Crippen molar-refractivity contribution in [2.75, 3.05) is 25.0 Å². The van der Waals surface area contributed by atoms with Crippen molar-refractivity contribution in [2.24, 2.45) is 0 Å². The number of morpholine rings is 1. The van der Waals surface area contributed by atoms with Gasteiger partial charge < -0.3 is 15.4 Å². The van der Waals surface area contributed by atoms with Crippen molar-refractivity contribution >= 4 is 24.1 Å². The molecule has 4 rings (SSSR count). The third kappa shape index (κ3) is 4.56. The minimum absolute atomic E-state index is 0. The van der Waals surface area contributed by atoms with Gasteiger partial charge in [-0.05, 0) is 35.4 Å². The summed E-state index contributed by atoms with van der Waals surface area (Å²) in [6, 6.07) is 15.2. The van der Waals surface area contributed by atoms with Gasteiger partial charge in [-0.2, -0.15) is 5.10 Å². The molecule has 1 aliphatic heterocycles. The van der Waals surface area contributed by atoms with Gasteiger partial charge in [0.25, 0.3) is 5.91 Å². The molecule has 1 aliphatic rings. The van der Waals surface area contributed by atoms with E-state index < -0.39 is 0 Å². The molecule has 2 heterocycles. The monoisotopic (exact) mass is 402 g/mol. The van der Waals surface area contributed by atoms with Crippen molar-refractivity contribution in [1.82, 2.24) is 15.5 Å². The van der Waals surface area contributed by atoms with Gasteiger partial charge in [0.05, 0.1) is 18.4 Å². The number of nitrogens with zero attached hydrogens (tertiary/aromatic N) is 1. The van der Waals surface area contributed by atoms with E-state index >= 15 is 0 Å². The highest BCUT2D eigenvalue weighted by Gasteiger charge is 2.16. The normalized spacial score (nSPS) is 16.2. The second-order valence-electron chi connectivity index (χ2n) is 6.31. The number of hydrogen-bond acceptors (Lipinski definition) is 4. The Morgan fingerprint density at radius 1 is 1.14 bits per heavy atom. The molecule has 1 atom stereocenters. The van der Waals surface area contributed by atoms with Crippen LogP contribution in [-0.2, 0) is 4.74 Å². The predicted octanol–water partition coefficient (Wildman–Crippen LogP) is 3.55. The van der Waals surface area contributed by atoms with Crippen molar-refractivity contribution in [1.29, 1.82) is 0 Å². The van der Waals surface area contributed by atoms with Crippen LogP contribution < -0.4 is 10.6 Å². The Morgan fingerprint density at radius 3 is 2.57 bits per heavy atom. The molecule has 28 heavy (non-hydrogen) atoms. The molecule has 0 bridgehead atoms. The fourth-order valence-electron chi connectivity index (χ4n) is 2.98. The summed E-state index contributed by atoms with van der Waals surface area (Å²) >= 11 is 0. The van der Waals surface area contributed by atoms with Crippen LogP contribution in [0.2, 0.25) is 0 Å². The average molecular weight is 403 g/mol. The van der Waals surface area contributed by atoms with Crippen molar-refractivity contribution in [3.63, 3.8) is 0 Å². The number of anilines is 1. The average Bonchev–Trinajstić information content (AvgIpc) is 3.18. The van der Waals surface area contributed by atoms with Crippen molar-refractivity contribution in [2.45, 2.75) is 6.10 Å². The summed E-state index contributed by atoms with van der Waals surface area (Å²) in [4.78, 5) is 12.2. The lowest BCUT2D eigenvalue weighted by Crippen LogP contribution is -2.33. The molecule has 3 N–H and O–H groups in total. The minimum atomic E-state index is -0.383. The Hall–Kier alpha value is -2.74. The maximum atomic E-state index is 13.0. The zero-order valence-corrected chi connectivity index (χ0v) is 15.8. The van der Waals surface area contributed by atoms with Gasteiger partial charge in [-0.15, -0.1) is 12.4 Å². The number of rotatable bonds is 4. The van der Waals surface area contributed by atoms with Crippen LogP contribution in [0.5, 0.6) is 0 Å². The second kappa shape index (κ2) is 8.97. The van der Waals surface area contributed by atoms with Crippen LogP contribution in [-0.4, -0.2) is 35.8 Å². The van der Waals surface area contributed by atoms with Gasteiger partial charge in [0.2, 0.25) is 0 Å². The summed E-state index contributed by atoms with van der Waals surface area (Å²) in [5.74, 6) is -0.319. The second-order valence-corrected chi connectivity index (χ2v) is 6.31. The first kappa shape index (κ1) is 20.0. The number of nitrogens with one attached hydrogen (secondary N) is 3. The molecule has 2 aromatic carbocycles. The summed E-state index contributed by atoms with van der Waals surface area (Å²) in [6.07, 6.45) is 0.0696. The van der Waals surface area contributed by atoms with Crippen molar-refractivity contribution in [3.05, 3.63) is 71.5 Å². The number of carbonyl (C=O) groups excluding carboxylic acids is 1. The lowest BCUT2D eigenvalue weighted by Gasteiger charge is -2.24. The number of benzene rings is 2. The van der Waals surface area contributed by atoms with Crippen LogP contribution in [0.15, 0.2) is 54.6 Å². The Balaban J connectivity index is 0.00000225. The van der Waals surface area contributed by atoms with Gasteiger partial charge in [0.15, 0.2) is 5.82 Å². The van der Waals surface area contributed by atoms with Crippen LogP contribution in [0, 0.1) is 5.82 Å². The first-order valence-electron chi connectivity index (χ1n) is 8.74. The summed E-state index contributed by atoms with van der Waals surface area (Å²) in [7, 11) is 0. The largest absolute Gasteiger partial charge is 0.371 e. The Labute approximate surface area is 167 Å². The number of ether oxygens (including phenoxy) is 1. The number of carbonyl (C=O) groups is 1. The highest BCUT2D eigenvalue weighted by atomic mass is 35.5. The molecule has 0 radical (unpaired) electrons. The molecule has 8 heteroatoms. The van der Waals surface area contributed by atoms with Gasteiger partial charge >= 0.3 is 0 Å². The molecule has 1 saturated heterocycles.